The van der Waals surface area contributed by atoms with E-state index in [9.17, 15) is 10.2 Å². The fraction of sp³-hybridized carbons (Fsp3) is 0.778. The first kappa shape index (κ1) is 9.15. The Morgan fingerprint density at radius 3 is 1.77 bits per heavy atom. The first-order valence-corrected chi connectivity index (χ1v) is 4.40. The Balaban J connectivity index is 2.21. The van der Waals surface area contributed by atoms with Crippen LogP contribution in [0.2, 0.25) is 0 Å². The Morgan fingerprint density at radius 2 is 1.38 bits per heavy atom. The van der Waals surface area contributed by atoms with Crippen LogP contribution in [0.4, 0.5) is 0 Å². The number of aliphatic hydroxyl groups excluding tert-OH is 2. The molecule has 0 spiro atoms. The van der Waals surface area contributed by atoms with E-state index in [-0.39, 0.29) is 0 Å². The fourth-order valence-electron chi connectivity index (χ4n) is 1.79. The number of hydrogen-bond acceptors (Lipinski definition) is 4. The summed E-state index contributed by atoms with van der Waals surface area (Å²) in [5, 5.41) is 19.1. The van der Waals surface area contributed by atoms with Crippen LogP contribution < -0.4 is 0 Å². The minimum Gasteiger partial charge on any atom is -0.386 e. The van der Waals surface area contributed by atoms with Gasteiger partial charge < -0.3 is 19.7 Å². The maximum Gasteiger partial charge on any atom is 0.164 e. The van der Waals surface area contributed by atoms with E-state index in [0.717, 1.165) is 0 Å². The summed E-state index contributed by atoms with van der Waals surface area (Å²) >= 11 is 0. The van der Waals surface area contributed by atoms with Crippen LogP contribution in [0.3, 0.4) is 0 Å². The monoisotopic (exact) mass is 186 g/mol. The van der Waals surface area contributed by atoms with Crippen molar-refractivity contribution in [2.45, 2.75) is 44.1 Å². The lowest BCUT2D eigenvalue weighted by Crippen LogP contribution is -2.44. The molecule has 1 aliphatic heterocycles. The predicted molar refractivity (Wildman–Crippen MR) is 45.0 cm³/mol. The summed E-state index contributed by atoms with van der Waals surface area (Å²) < 4.78 is 10.9. The van der Waals surface area contributed by atoms with Crippen LogP contribution in [0.5, 0.6) is 0 Å². The summed E-state index contributed by atoms with van der Waals surface area (Å²) in [5.41, 5.74) is 0. The fourth-order valence-corrected chi connectivity index (χ4v) is 1.79. The molecule has 0 aromatic carbocycles. The highest BCUT2D eigenvalue weighted by Crippen LogP contribution is 2.34. The molecule has 0 saturated carbocycles. The van der Waals surface area contributed by atoms with Gasteiger partial charge in [0.1, 0.15) is 24.4 Å². The van der Waals surface area contributed by atoms with Crippen LogP contribution >= 0.6 is 0 Å². The van der Waals surface area contributed by atoms with Crippen LogP contribution in [0, 0.1) is 0 Å². The summed E-state index contributed by atoms with van der Waals surface area (Å²) in [7, 11) is 0. The molecule has 1 fully saturated rings. The lowest BCUT2D eigenvalue weighted by Gasteiger charge is -2.26. The lowest BCUT2D eigenvalue weighted by molar-refractivity contribution is -0.155. The highest BCUT2D eigenvalue weighted by Gasteiger charge is 2.48. The molecule has 4 atom stereocenters. The molecule has 2 rings (SSSR count). The second-order valence-corrected chi connectivity index (χ2v) is 3.93. The van der Waals surface area contributed by atoms with Crippen molar-refractivity contribution in [1.29, 1.82) is 0 Å². The van der Waals surface area contributed by atoms with Crippen LogP contribution in [-0.2, 0) is 9.47 Å². The molecular weight excluding hydrogens is 172 g/mol. The highest BCUT2D eigenvalue weighted by atomic mass is 16.8. The molecule has 4 nitrogen and oxygen atoms in total. The number of hydrogen-bond donors (Lipinski definition) is 2. The van der Waals surface area contributed by atoms with Gasteiger partial charge in [-0.2, -0.15) is 0 Å². The minimum atomic E-state index is -0.719. The van der Waals surface area contributed by atoms with Crippen molar-refractivity contribution in [1.82, 2.24) is 0 Å². The first-order valence-electron chi connectivity index (χ1n) is 4.40. The Labute approximate surface area is 76.8 Å². The molecule has 0 unspecified atom stereocenters. The van der Waals surface area contributed by atoms with Gasteiger partial charge in [0.15, 0.2) is 5.79 Å². The molecule has 2 aliphatic rings. The Kier molecular flexibility index (Phi) is 1.96. The number of rotatable bonds is 0. The second kappa shape index (κ2) is 2.78. The Morgan fingerprint density at radius 1 is 1.00 bits per heavy atom. The van der Waals surface area contributed by atoms with E-state index in [0.29, 0.717) is 0 Å². The zero-order chi connectivity index (χ0) is 9.64. The van der Waals surface area contributed by atoms with Gasteiger partial charge >= 0.3 is 0 Å². The molecule has 13 heavy (non-hydrogen) atoms. The number of aliphatic hydroxyl groups is 2. The van der Waals surface area contributed by atoms with Crippen molar-refractivity contribution in [2.75, 3.05) is 0 Å². The summed E-state index contributed by atoms with van der Waals surface area (Å²) in [4.78, 5) is 0. The molecule has 0 radical (unpaired) electrons. The Bertz CT molecular complexity index is 214. The zero-order valence-corrected chi connectivity index (χ0v) is 7.68. The van der Waals surface area contributed by atoms with E-state index >= 15 is 0 Å². The van der Waals surface area contributed by atoms with Crippen molar-refractivity contribution in [3.8, 4) is 0 Å². The highest BCUT2D eigenvalue weighted by molar-refractivity contribution is 5.10. The molecule has 0 bridgehead atoms. The van der Waals surface area contributed by atoms with E-state index in [2.05, 4.69) is 0 Å². The van der Waals surface area contributed by atoms with Crippen LogP contribution in [0.25, 0.3) is 0 Å². The average molecular weight is 186 g/mol. The van der Waals surface area contributed by atoms with Crippen molar-refractivity contribution in [2.24, 2.45) is 0 Å². The van der Waals surface area contributed by atoms with Gasteiger partial charge in [0.2, 0.25) is 0 Å². The molecule has 1 heterocycles. The summed E-state index contributed by atoms with van der Waals surface area (Å²) in [6.45, 7) is 3.54. The smallest absolute Gasteiger partial charge is 0.164 e. The minimum absolute atomic E-state index is 0.449. The number of fused-ring (bicyclic) bond motifs is 1. The molecule has 2 N–H and O–H groups in total. The second-order valence-electron chi connectivity index (χ2n) is 3.93. The van der Waals surface area contributed by atoms with Gasteiger partial charge in [-0.25, -0.2) is 0 Å². The lowest BCUT2D eigenvalue weighted by atomic mass is 9.97. The van der Waals surface area contributed by atoms with E-state index in [1.807, 2.05) is 0 Å². The molecule has 0 aromatic heterocycles. The van der Waals surface area contributed by atoms with Gasteiger partial charge in [-0.15, -0.1) is 0 Å². The van der Waals surface area contributed by atoms with Gasteiger partial charge in [-0.05, 0) is 13.8 Å². The van der Waals surface area contributed by atoms with Gasteiger partial charge in [-0.1, -0.05) is 12.2 Å². The van der Waals surface area contributed by atoms with E-state index < -0.39 is 30.2 Å². The van der Waals surface area contributed by atoms with Crippen LogP contribution in [0.1, 0.15) is 13.8 Å². The predicted octanol–water partition coefficient (Wildman–Crippen LogP) is -0.202. The van der Waals surface area contributed by atoms with E-state index in [4.69, 9.17) is 9.47 Å². The maximum atomic E-state index is 9.53. The van der Waals surface area contributed by atoms with Crippen molar-refractivity contribution in [3.05, 3.63) is 12.2 Å². The first-order chi connectivity index (χ1) is 5.99. The molecule has 4 heteroatoms. The summed E-state index contributed by atoms with van der Waals surface area (Å²) in [6, 6.07) is 0. The van der Waals surface area contributed by atoms with Gasteiger partial charge in [0.05, 0.1) is 0 Å². The summed E-state index contributed by atoms with van der Waals surface area (Å²) in [6.07, 6.45) is 0.808. The maximum absolute atomic E-state index is 9.53. The molecule has 1 aliphatic carbocycles. The third kappa shape index (κ3) is 1.50. The molecular formula is C9H14O4. The third-order valence-electron chi connectivity index (χ3n) is 2.34. The zero-order valence-electron chi connectivity index (χ0n) is 7.68. The SMILES string of the molecule is CC1(C)O[C@@H]2[C@@H](O1)[C@@H](O)C=C[C@H]2O. The topological polar surface area (TPSA) is 58.9 Å². The van der Waals surface area contributed by atoms with Gasteiger partial charge in [-0.3, -0.25) is 0 Å². The van der Waals surface area contributed by atoms with Crippen LogP contribution in [0.15, 0.2) is 12.2 Å². The quantitative estimate of drug-likeness (QED) is 0.514. The molecule has 74 valence electrons. The van der Waals surface area contributed by atoms with Crippen molar-refractivity contribution in [3.63, 3.8) is 0 Å². The number of ether oxygens (including phenoxy) is 2. The van der Waals surface area contributed by atoms with Crippen molar-refractivity contribution < 1.29 is 19.7 Å². The summed E-state index contributed by atoms with van der Waals surface area (Å²) in [5.74, 6) is -0.719. The normalized spacial score (nSPS) is 47.7. The average Bonchev–Trinajstić information content (AvgIpc) is 2.35. The molecule has 1 saturated heterocycles. The molecule has 0 amide bonds. The Hall–Kier alpha value is -0.420. The third-order valence-corrected chi connectivity index (χ3v) is 2.34. The standard InChI is InChI=1S/C9H14O4/c1-9(2)12-7-5(10)3-4-6(11)8(7)13-9/h3-8,10-11H,1-2H3/t5-,6+,7-,8-/m0/s1. The van der Waals surface area contributed by atoms with Crippen LogP contribution in [-0.4, -0.2) is 40.4 Å². The van der Waals surface area contributed by atoms with E-state index in [1.54, 1.807) is 13.8 Å². The van der Waals surface area contributed by atoms with Gasteiger partial charge in [0.25, 0.3) is 0 Å². The van der Waals surface area contributed by atoms with E-state index in [1.165, 1.54) is 12.2 Å². The van der Waals surface area contributed by atoms with Crippen molar-refractivity contribution >= 4 is 0 Å². The van der Waals surface area contributed by atoms with Gasteiger partial charge in [0, 0.05) is 0 Å². The largest absolute Gasteiger partial charge is 0.386 e. The molecule has 0 aromatic rings.